The van der Waals surface area contributed by atoms with Crippen LogP contribution < -0.4 is 9.47 Å². The molecule has 1 fully saturated rings. The first-order valence-electron chi connectivity index (χ1n) is 8.02. The van der Waals surface area contributed by atoms with Gasteiger partial charge in [-0.15, -0.1) is 0 Å². The largest absolute Gasteiger partial charge is 0.454 e. The predicted molar refractivity (Wildman–Crippen MR) is 85.0 cm³/mol. The van der Waals surface area contributed by atoms with Crippen molar-refractivity contribution in [1.29, 1.82) is 0 Å². The quantitative estimate of drug-likeness (QED) is 0.853. The molecule has 2 aliphatic rings. The molecule has 2 aromatic rings. The third-order valence-electron chi connectivity index (χ3n) is 4.48. The number of piperazine rings is 1. The first-order chi connectivity index (χ1) is 11.7. The van der Waals surface area contributed by atoms with Crippen LogP contribution >= 0.6 is 0 Å². The molecule has 2 aliphatic heterocycles. The summed E-state index contributed by atoms with van der Waals surface area (Å²) in [7, 11) is 0. The van der Waals surface area contributed by atoms with Gasteiger partial charge in [-0.25, -0.2) is 0 Å². The fraction of sp³-hybridized carbons (Fsp3) is 0.412. The Kier molecular flexibility index (Phi) is 3.86. The number of fused-ring (bicyclic) bond motifs is 1. The molecule has 0 unspecified atom stereocenters. The lowest BCUT2D eigenvalue weighted by Gasteiger charge is -2.34. The van der Waals surface area contributed by atoms with Crippen LogP contribution in [-0.4, -0.2) is 53.8 Å². The molecule has 0 spiro atoms. The Morgan fingerprint density at radius 2 is 1.96 bits per heavy atom. The van der Waals surface area contributed by atoms with Crippen LogP contribution in [0.5, 0.6) is 11.5 Å². The highest BCUT2D eigenvalue weighted by Gasteiger charge is 2.25. The molecule has 1 aromatic heterocycles. The maximum absolute atomic E-state index is 12.5. The molecular weight excluding hydrogens is 310 g/mol. The highest BCUT2D eigenvalue weighted by molar-refractivity contribution is 5.94. The second-order valence-corrected chi connectivity index (χ2v) is 6.07. The summed E-state index contributed by atoms with van der Waals surface area (Å²) in [5.41, 5.74) is 2.39. The van der Waals surface area contributed by atoms with E-state index in [4.69, 9.17) is 14.0 Å². The number of amides is 1. The number of rotatable bonds is 3. The molecular formula is C17H19N3O4. The minimum Gasteiger partial charge on any atom is -0.454 e. The second kappa shape index (κ2) is 6.16. The van der Waals surface area contributed by atoms with Crippen molar-refractivity contribution < 1.29 is 18.8 Å². The number of ether oxygens (including phenoxy) is 2. The van der Waals surface area contributed by atoms with Crippen molar-refractivity contribution in [1.82, 2.24) is 15.0 Å². The Morgan fingerprint density at radius 3 is 2.71 bits per heavy atom. The predicted octanol–water partition coefficient (Wildman–Crippen LogP) is 1.67. The van der Waals surface area contributed by atoms with Crippen LogP contribution in [0.25, 0.3) is 0 Å². The Labute approximate surface area is 139 Å². The Balaban J connectivity index is 1.35. The Hall–Kier alpha value is -2.54. The minimum absolute atomic E-state index is 0.00326. The van der Waals surface area contributed by atoms with Crippen molar-refractivity contribution in [3.63, 3.8) is 0 Å². The molecule has 0 radical (unpaired) electrons. The molecule has 0 N–H and O–H groups in total. The van der Waals surface area contributed by atoms with Crippen LogP contribution in [0, 0.1) is 6.92 Å². The smallest absolute Gasteiger partial charge is 0.259 e. The molecule has 1 amide bonds. The highest BCUT2D eigenvalue weighted by atomic mass is 16.7. The maximum Gasteiger partial charge on any atom is 0.259 e. The zero-order valence-corrected chi connectivity index (χ0v) is 13.5. The monoisotopic (exact) mass is 329 g/mol. The van der Waals surface area contributed by atoms with E-state index < -0.39 is 0 Å². The third kappa shape index (κ3) is 2.82. The number of benzene rings is 1. The highest BCUT2D eigenvalue weighted by Crippen LogP contribution is 2.32. The van der Waals surface area contributed by atoms with Crippen LogP contribution in [0.15, 0.2) is 29.0 Å². The van der Waals surface area contributed by atoms with Crippen LogP contribution in [-0.2, 0) is 6.54 Å². The van der Waals surface area contributed by atoms with Gasteiger partial charge in [-0.3, -0.25) is 9.69 Å². The van der Waals surface area contributed by atoms with Gasteiger partial charge in [0.2, 0.25) is 6.79 Å². The van der Waals surface area contributed by atoms with Crippen LogP contribution in [0.4, 0.5) is 0 Å². The maximum atomic E-state index is 12.5. The van der Waals surface area contributed by atoms with E-state index in [9.17, 15) is 4.79 Å². The van der Waals surface area contributed by atoms with E-state index in [1.807, 2.05) is 17.0 Å². The van der Waals surface area contributed by atoms with Gasteiger partial charge in [0.15, 0.2) is 11.5 Å². The van der Waals surface area contributed by atoms with Crippen LogP contribution in [0.3, 0.4) is 0 Å². The standard InChI is InChI=1S/C17H19N3O4/c1-12-14(10-24-18-12)17(21)20-6-4-19(5-7-20)9-13-2-3-15-16(8-13)23-11-22-15/h2-3,8,10H,4-7,9,11H2,1H3. The number of nitrogens with zero attached hydrogens (tertiary/aromatic N) is 3. The molecule has 0 aliphatic carbocycles. The van der Waals surface area contributed by atoms with Gasteiger partial charge in [0, 0.05) is 32.7 Å². The van der Waals surface area contributed by atoms with Gasteiger partial charge in [0.05, 0.1) is 5.69 Å². The van der Waals surface area contributed by atoms with E-state index in [2.05, 4.69) is 16.1 Å². The molecule has 3 heterocycles. The zero-order valence-electron chi connectivity index (χ0n) is 13.5. The summed E-state index contributed by atoms with van der Waals surface area (Å²) < 4.78 is 15.6. The van der Waals surface area contributed by atoms with E-state index in [-0.39, 0.29) is 5.91 Å². The zero-order chi connectivity index (χ0) is 16.5. The van der Waals surface area contributed by atoms with Crippen LogP contribution in [0.2, 0.25) is 0 Å². The van der Waals surface area contributed by atoms with Gasteiger partial charge in [-0.05, 0) is 24.6 Å². The van der Waals surface area contributed by atoms with Crippen molar-refractivity contribution in [2.24, 2.45) is 0 Å². The van der Waals surface area contributed by atoms with Gasteiger partial charge < -0.3 is 18.9 Å². The number of carbonyl (C=O) groups is 1. The van der Waals surface area contributed by atoms with E-state index in [0.717, 1.165) is 31.1 Å². The Morgan fingerprint density at radius 1 is 1.17 bits per heavy atom. The minimum atomic E-state index is -0.00326. The van der Waals surface area contributed by atoms with Crippen molar-refractivity contribution in [2.75, 3.05) is 33.0 Å². The molecule has 126 valence electrons. The summed E-state index contributed by atoms with van der Waals surface area (Å²) in [4.78, 5) is 16.6. The van der Waals surface area contributed by atoms with Crippen molar-refractivity contribution in [3.05, 3.63) is 41.3 Å². The lowest BCUT2D eigenvalue weighted by atomic mass is 10.1. The molecule has 7 heteroatoms. The summed E-state index contributed by atoms with van der Waals surface area (Å²) in [5, 5.41) is 3.78. The molecule has 7 nitrogen and oxygen atoms in total. The summed E-state index contributed by atoms with van der Waals surface area (Å²) in [6.45, 7) is 6.00. The molecule has 1 saturated heterocycles. The van der Waals surface area contributed by atoms with Gasteiger partial charge >= 0.3 is 0 Å². The number of carbonyl (C=O) groups excluding carboxylic acids is 1. The lowest BCUT2D eigenvalue weighted by Crippen LogP contribution is -2.48. The Bertz CT molecular complexity index is 750. The lowest BCUT2D eigenvalue weighted by molar-refractivity contribution is 0.0627. The van der Waals surface area contributed by atoms with E-state index in [1.165, 1.54) is 11.8 Å². The van der Waals surface area contributed by atoms with Gasteiger partial charge in [0.1, 0.15) is 11.8 Å². The first kappa shape index (κ1) is 15.0. The third-order valence-corrected chi connectivity index (χ3v) is 4.48. The summed E-state index contributed by atoms with van der Waals surface area (Å²) in [6.07, 6.45) is 1.43. The average Bonchev–Trinajstić information content (AvgIpc) is 3.23. The molecule has 0 atom stereocenters. The number of hydrogen-bond donors (Lipinski definition) is 0. The van der Waals surface area contributed by atoms with E-state index in [1.54, 1.807) is 6.92 Å². The summed E-state index contributed by atoms with van der Waals surface area (Å²) in [6, 6.07) is 6.04. The van der Waals surface area contributed by atoms with E-state index >= 15 is 0 Å². The summed E-state index contributed by atoms with van der Waals surface area (Å²) >= 11 is 0. The van der Waals surface area contributed by atoms with E-state index in [0.29, 0.717) is 31.1 Å². The SMILES string of the molecule is Cc1nocc1C(=O)N1CCN(Cc2ccc3c(c2)OCO3)CC1. The number of hydrogen-bond acceptors (Lipinski definition) is 6. The fourth-order valence-electron chi connectivity index (χ4n) is 3.07. The molecule has 0 bridgehead atoms. The number of aromatic nitrogens is 1. The van der Waals surface area contributed by atoms with Gasteiger partial charge in [-0.1, -0.05) is 11.2 Å². The summed E-state index contributed by atoms with van der Waals surface area (Å²) in [5.74, 6) is 1.61. The molecule has 24 heavy (non-hydrogen) atoms. The number of aryl methyl sites for hydroxylation is 1. The van der Waals surface area contributed by atoms with Gasteiger partial charge in [0.25, 0.3) is 5.91 Å². The second-order valence-electron chi connectivity index (χ2n) is 6.07. The molecule has 1 aromatic carbocycles. The molecule has 4 rings (SSSR count). The first-order valence-corrected chi connectivity index (χ1v) is 8.02. The normalized spacial score (nSPS) is 17.3. The van der Waals surface area contributed by atoms with Crippen molar-refractivity contribution >= 4 is 5.91 Å². The topological polar surface area (TPSA) is 68.0 Å². The molecule has 0 saturated carbocycles. The average molecular weight is 329 g/mol. The van der Waals surface area contributed by atoms with Crippen molar-refractivity contribution in [3.8, 4) is 11.5 Å². The van der Waals surface area contributed by atoms with Gasteiger partial charge in [-0.2, -0.15) is 0 Å². The fourth-order valence-corrected chi connectivity index (χ4v) is 3.07. The van der Waals surface area contributed by atoms with Crippen LogP contribution in [0.1, 0.15) is 21.6 Å². The van der Waals surface area contributed by atoms with Crippen molar-refractivity contribution in [2.45, 2.75) is 13.5 Å².